The van der Waals surface area contributed by atoms with E-state index in [-0.39, 0.29) is 10.8 Å². The smallest absolute Gasteiger partial charge is 0.264 e. The molecule has 1 aromatic heterocycles. The van der Waals surface area contributed by atoms with E-state index in [4.69, 9.17) is 4.98 Å². The number of benzene rings is 3. The van der Waals surface area contributed by atoms with Crippen LogP contribution in [0.2, 0.25) is 0 Å². The summed E-state index contributed by atoms with van der Waals surface area (Å²) in [6, 6.07) is 18.2. The molecule has 2 aliphatic rings. The summed E-state index contributed by atoms with van der Waals surface area (Å²) >= 11 is 1.77. The largest absolute Gasteiger partial charge is 0.351 e. The number of aryl methyl sites for hydroxylation is 2. The topological polar surface area (TPSA) is 85.8 Å². The maximum absolute atomic E-state index is 13.2. The molecule has 0 atom stereocenters. The number of nitrogens with zero attached hydrogens (tertiary/aromatic N) is 4. The Balaban J connectivity index is 0.995. The SMILES string of the molecule is Cc1cc(C)c2sc(N3CCN(CCNC(=O)c4ccc(S(=O)(=O)N5CCc6ccccc65)cc4)CC3)nc2c1. The molecule has 0 bridgehead atoms. The lowest BCUT2D eigenvalue weighted by Crippen LogP contribution is -2.48. The summed E-state index contributed by atoms with van der Waals surface area (Å²) in [7, 11) is -3.68. The molecule has 40 heavy (non-hydrogen) atoms. The number of hydrogen-bond acceptors (Lipinski definition) is 7. The van der Waals surface area contributed by atoms with Crippen molar-refractivity contribution in [2.75, 3.05) is 55.0 Å². The van der Waals surface area contributed by atoms with Crippen molar-refractivity contribution in [3.8, 4) is 0 Å². The van der Waals surface area contributed by atoms with Crippen LogP contribution in [-0.2, 0) is 16.4 Å². The minimum Gasteiger partial charge on any atom is -0.351 e. The second-order valence-corrected chi connectivity index (χ2v) is 13.3. The van der Waals surface area contributed by atoms with Gasteiger partial charge in [-0.05, 0) is 73.4 Å². The third kappa shape index (κ3) is 5.18. The Bertz CT molecular complexity index is 1660. The van der Waals surface area contributed by atoms with Crippen LogP contribution in [0.15, 0.2) is 65.6 Å². The van der Waals surface area contributed by atoms with Crippen LogP contribution < -0.4 is 14.5 Å². The Kier molecular flexibility index (Phi) is 7.24. The number of para-hydroxylation sites is 1. The summed E-state index contributed by atoms with van der Waals surface area (Å²) in [6.07, 6.45) is 0.701. The molecular weight excluding hydrogens is 542 g/mol. The van der Waals surface area contributed by atoms with Gasteiger partial charge in [0.2, 0.25) is 0 Å². The van der Waals surface area contributed by atoms with Gasteiger partial charge in [-0.15, -0.1) is 0 Å². The molecule has 1 amide bonds. The van der Waals surface area contributed by atoms with Crippen LogP contribution in [0.4, 0.5) is 10.8 Å². The Morgan fingerprint density at radius 2 is 1.73 bits per heavy atom. The van der Waals surface area contributed by atoms with Crippen molar-refractivity contribution in [1.29, 1.82) is 0 Å². The highest BCUT2D eigenvalue weighted by molar-refractivity contribution is 7.92. The minimum absolute atomic E-state index is 0.192. The van der Waals surface area contributed by atoms with Gasteiger partial charge < -0.3 is 10.2 Å². The maximum Gasteiger partial charge on any atom is 0.264 e. The number of rotatable bonds is 7. The predicted octanol–water partition coefficient (Wildman–Crippen LogP) is 4.22. The van der Waals surface area contributed by atoms with Crippen LogP contribution >= 0.6 is 11.3 Å². The number of thiazole rings is 1. The fraction of sp³-hybridized carbons (Fsp3) is 0.333. The first-order valence-corrected chi connectivity index (χ1v) is 15.9. The van der Waals surface area contributed by atoms with Crippen LogP contribution in [0.1, 0.15) is 27.0 Å². The van der Waals surface area contributed by atoms with E-state index in [9.17, 15) is 13.2 Å². The number of hydrogen-bond donors (Lipinski definition) is 1. The van der Waals surface area contributed by atoms with Crippen LogP contribution in [0.3, 0.4) is 0 Å². The fourth-order valence-corrected chi connectivity index (χ4v) is 8.13. The lowest BCUT2D eigenvalue weighted by Gasteiger charge is -2.34. The second-order valence-electron chi connectivity index (χ2n) is 10.5. The third-order valence-electron chi connectivity index (χ3n) is 7.71. The highest BCUT2D eigenvalue weighted by Crippen LogP contribution is 2.33. The highest BCUT2D eigenvalue weighted by Gasteiger charge is 2.30. The van der Waals surface area contributed by atoms with E-state index in [0.29, 0.717) is 25.1 Å². The summed E-state index contributed by atoms with van der Waals surface area (Å²) < 4.78 is 29.2. The first-order chi connectivity index (χ1) is 19.3. The van der Waals surface area contributed by atoms with Crippen molar-refractivity contribution >= 4 is 48.3 Å². The molecule has 0 radical (unpaired) electrons. The number of amides is 1. The van der Waals surface area contributed by atoms with E-state index >= 15 is 0 Å². The number of anilines is 2. The summed E-state index contributed by atoms with van der Waals surface area (Å²) in [5.74, 6) is -0.200. The quantitative estimate of drug-likeness (QED) is 0.355. The Morgan fingerprint density at radius 3 is 2.50 bits per heavy atom. The zero-order chi connectivity index (χ0) is 27.9. The van der Waals surface area contributed by atoms with Crippen molar-refractivity contribution in [3.05, 3.63) is 82.9 Å². The van der Waals surface area contributed by atoms with E-state index in [0.717, 1.165) is 54.6 Å². The number of aromatic nitrogens is 1. The number of piperazine rings is 1. The van der Waals surface area contributed by atoms with Gasteiger partial charge in [0.15, 0.2) is 5.13 Å². The highest BCUT2D eigenvalue weighted by atomic mass is 32.2. The summed E-state index contributed by atoms with van der Waals surface area (Å²) in [6.45, 7) is 9.61. The van der Waals surface area contributed by atoms with Crippen molar-refractivity contribution in [2.24, 2.45) is 0 Å². The normalized spacial score (nSPS) is 15.9. The molecule has 4 aromatic rings. The number of carbonyl (C=O) groups is 1. The molecule has 0 spiro atoms. The molecule has 0 aliphatic carbocycles. The number of carbonyl (C=O) groups excluding carboxylic acids is 1. The maximum atomic E-state index is 13.2. The first-order valence-electron chi connectivity index (χ1n) is 13.6. The number of nitrogens with one attached hydrogen (secondary N) is 1. The van der Waals surface area contributed by atoms with E-state index in [2.05, 4.69) is 41.1 Å². The van der Waals surface area contributed by atoms with Crippen LogP contribution in [0.5, 0.6) is 0 Å². The van der Waals surface area contributed by atoms with Gasteiger partial charge in [-0.1, -0.05) is 35.6 Å². The Morgan fingerprint density at radius 1 is 0.975 bits per heavy atom. The molecule has 1 saturated heterocycles. The zero-order valence-electron chi connectivity index (χ0n) is 22.8. The average Bonchev–Trinajstić information content (AvgIpc) is 3.59. The van der Waals surface area contributed by atoms with Gasteiger partial charge in [-0.3, -0.25) is 14.0 Å². The number of fused-ring (bicyclic) bond motifs is 2. The van der Waals surface area contributed by atoms with E-state index < -0.39 is 10.0 Å². The monoisotopic (exact) mass is 575 g/mol. The Hall–Kier alpha value is -3.47. The molecule has 0 unspecified atom stereocenters. The van der Waals surface area contributed by atoms with Crippen LogP contribution in [0, 0.1) is 13.8 Å². The van der Waals surface area contributed by atoms with Gasteiger partial charge in [-0.25, -0.2) is 13.4 Å². The van der Waals surface area contributed by atoms with E-state index in [1.54, 1.807) is 23.5 Å². The van der Waals surface area contributed by atoms with E-state index in [1.165, 1.54) is 32.3 Å². The predicted molar refractivity (Wildman–Crippen MR) is 161 cm³/mol. The molecule has 10 heteroatoms. The van der Waals surface area contributed by atoms with Gasteiger partial charge in [0.25, 0.3) is 15.9 Å². The first kappa shape index (κ1) is 26.7. The second kappa shape index (κ2) is 10.8. The van der Waals surface area contributed by atoms with Crippen molar-refractivity contribution in [1.82, 2.24) is 15.2 Å². The lowest BCUT2D eigenvalue weighted by molar-refractivity contribution is 0.0947. The molecule has 2 aliphatic heterocycles. The number of sulfonamides is 1. The zero-order valence-corrected chi connectivity index (χ0v) is 24.4. The molecule has 1 fully saturated rings. The molecular formula is C30H33N5O3S2. The van der Waals surface area contributed by atoms with Gasteiger partial charge in [0.1, 0.15) is 0 Å². The molecule has 3 aromatic carbocycles. The molecule has 3 heterocycles. The minimum atomic E-state index is -3.68. The third-order valence-corrected chi connectivity index (χ3v) is 10.8. The Labute approximate surface area is 239 Å². The molecule has 8 nitrogen and oxygen atoms in total. The van der Waals surface area contributed by atoms with Gasteiger partial charge >= 0.3 is 0 Å². The van der Waals surface area contributed by atoms with E-state index in [1.807, 2.05) is 24.3 Å². The molecule has 208 valence electrons. The van der Waals surface area contributed by atoms with Crippen molar-refractivity contribution in [2.45, 2.75) is 25.2 Å². The summed E-state index contributed by atoms with van der Waals surface area (Å²) in [4.78, 5) is 22.5. The summed E-state index contributed by atoms with van der Waals surface area (Å²) in [5, 5.41) is 4.06. The molecule has 6 rings (SSSR count). The van der Waals surface area contributed by atoms with Crippen LogP contribution in [0.25, 0.3) is 10.2 Å². The van der Waals surface area contributed by atoms with Gasteiger partial charge in [-0.2, -0.15) is 0 Å². The molecule has 0 saturated carbocycles. The van der Waals surface area contributed by atoms with Crippen LogP contribution in [-0.4, -0.2) is 70.0 Å². The van der Waals surface area contributed by atoms with Crippen molar-refractivity contribution in [3.63, 3.8) is 0 Å². The van der Waals surface area contributed by atoms with Gasteiger partial charge in [0.05, 0.1) is 20.8 Å². The van der Waals surface area contributed by atoms with Gasteiger partial charge in [0, 0.05) is 51.4 Å². The standard InChI is InChI=1S/C30H33N5O3S2/c1-21-19-22(2)28-26(20-21)32-30(39-28)34-17-15-33(16-18-34)14-12-31-29(36)24-7-9-25(10-8-24)40(37,38)35-13-11-23-5-3-4-6-27(23)35/h3-10,19-20H,11-18H2,1-2H3,(H,31,36). The van der Waals surface area contributed by atoms with Crippen molar-refractivity contribution < 1.29 is 13.2 Å². The lowest BCUT2D eigenvalue weighted by atomic mass is 10.1. The average molecular weight is 576 g/mol. The fourth-order valence-electron chi connectivity index (χ4n) is 5.56. The summed E-state index contributed by atoms with van der Waals surface area (Å²) in [5.41, 5.74) is 5.81. The molecule has 1 N–H and O–H groups in total.